The molecule has 1 aromatic carbocycles. The van der Waals surface area contributed by atoms with Gasteiger partial charge in [-0.05, 0) is 18.4 Å². The average molecular weight is 260 g/mol. The Morgan fingerprint density at radius 3 is 2.61 bits per heavy atom. The quantitative estimate of drug-likeness (QED) is 0.875. The van der Waals surface area contributed by atoms with Crippen LogP contribution in [0.25, 0.3) is 0 Å². The van der Waals surface area contributed by atoms with Crippen LogP contribution in [0.15, 0.2) is 30.3 Å². The Kier molecular flexibility index (Phi) is 4.37. The lowest BCUT2D eigenvalue weighted by molar-refractivity contribution is 0.688. The fraction of sp³-hybridized carbons (Fsp3) is 0.400. The number of anilines is 1. The molecular weight excluding hydrogens is 240 g/mol. The van der Waals surface area contributed by atoms with Gasteiger partial charge in [-0.15, -0.1) is 11.3 Å². The van der Waals surface area contributed by atoms with Gasteiger partial charge in [-0.25, -0.2) is 4.98 Å². The van der Waals surface area contributed by atoms with Crippen LogP contribution in [0.4, 0.5) is 5.13 Å². The van der Waals surface area contributed by atoms with Crippen molar-refractivity contribution in [2.45, 2.75) is 27.2 Å². The molecule has 1 aromatic heterocycles. The number of thiazole rings is 1. The fourth-order valence-electron chi connectivity index (χ4n) is 1.74. The van der Waals surface area contributed by atoms with Crippen molar-refractivity contribution in [3.8, 4) is 0 Å². The molecule has 0 saturated heterocycles. The molecule has 0 amide bonds. The maximum atomic E-state index is 4.59. The molecule has 1 heterocycles. The van der Waals surface area contributed by atoms with Crippen LogP contribution < -0.4 is 5.32 Å². The summed E-state index contributed by atoms with van der Waals surface area (Å²) in [5, 5.41) is 4.45. The minimum absolute atomic E-state index is 0.645. The summed E-state index contributed by atoms with van der Waals surface area (Å²) in [5.74, 6) is 0.645. The number of nitrogens with zero attached hydrogens (tertiary/aromatic N) is 1. The molecule has 0 fully saturated rings. The van der Waals surface area contributed by atoms with Crippen LogP contribution in [0.1, 0.15) is 30.0 Å². The number of rotatable bonds is 5. The maximum Gasteiger partial charge on any atom is 0.183 e. The summed E-state index contributed by atoms with van der Waals surface area (Å²) < 4.78 is 0. The summed E-state index contributed by atoms with van der Waals surface area (Å²) in [6.07, 6.45) is 0.980. The standard InChI is InChI=1S/C15H20N2S/c1-11(2)10-16-15-17-12(3)14(18-15)9-13-7-5-4-6-8-13/h4-8,11H,9-10H2,1-3H3,(H,16,17). The van der Waals surface area contributed by atoms with Gasteiger partial charge in [0.1, 0.15) is 0 Å². The Morgan fingerprint density at radius 2 is 1.94 bits per heavy atom. The molecule has 0 radical (unpaired) electrons. The predicted molar refractivity (Wildman–Crippen MR) is 79.4 cm³/mol. The second kappa shape index (κ2) is 6.01. The second-order valence-electron chi connectivity index (χ2n) is 4.96. The van der Waals surface area contributed by atoms with Gasteiger partial charge >= 0.3 is 0 Å². The topological polar surface area (TPSA) is 24.9 Å². The number of nitrogens with one attached hydrogen (secondary N) is 1. The Balaban J connectivity index is 2.05. The van der Waals surface area contributed by atoms with Crippen molar-refractivity contribution in [1.82, 2.24) is 4.98 Å². The second-order valence-corrected chi connectivity index (χ2v) is 6.05. The third-order valence-corrected chi connectivity index (χ3v) is 3.88. The van der Waals surface area contributed by atoms with Gasteiger partial charge in [0.05, 0.1) is 5.69 Å². The molecular formula is C15H20N2S. The van der Waals surface area contributed by atoms with Gasteiger partial charge in [-0.2, -0.15) is 0 Å². The molecule has 1 N–H and O–H groups in total. The zero-order valence-corrected chi connectivity index (χ0v) is 12.1. The Bertz CT molecular complexity index is 488. The van der Waals surface area contributed by atoms with E-state index in [-0.39, 0.29) is 0 Å². The van der Waals surface area contributed by atoms with Gasteiger partial charge < -0.3 is 5.32 Å². The van der Waals surface area contributed by atoms with E-state index in [1.54, 1.807) is 11.3 Å². The molecule has 3 heteroatoms. The van der Waals surface area contributed by atoms with Crippen molar-refractivity contribution in [2.75, 3.05) is 11.9 Å². The van der Waals surface area contributed by atoms with E-state index in [9.17, 15) is 0 Å². The van der Waals surface area contributed by atoms with E-state index >= 15 is 0 Å². The first-order valence-electron chi connectivity index (χ1n) is 6.39. The monoisotopic (exact) mass is 260 g/mol. The molecule has 0 saturated carbocycles. The summed E-state index contributed by atoms with van der Waals surface area (Å²) in [7, 11) is 0. The van der Waals surface area contributed by atoms with E-state index in [4.69, 9.17) is 0 Å². The first-order valence-corrected chi connectivity index (χ1v) is 7.21. The number of benzene rings is 1. The minimum atomic E-state index is 0.645. The summed E-state index contributed by atoms with van der Waals surface area (Å²) in [5.41, 5.74) is 2.50. The zero-order chi connectivity index (χ0) is 13.0. The van der Waals surface area contributed by atoms with Crippen LogP contribution in [-0.4, -0.2) is 11.5 Å². The van der Waals surface area contributed by atoms with E-state index in [1.165, 1.54) is 10.4 Å². The molecule has 0 unspecified atom stereocenters. The molecule has 0 bridgehead atoms. The third-order valence-electron chi connectivity index (χ3n) is 2.76. The molecule has 2 aromatic rings. The highest BCUT2D eigenvalue weighted by Gasteiger charge is 2.08. The number of aromatic nitrogens is 1. The van der Waals surface area contributed by atoms with Crippen molar-refractivity contribution in [3.63, 3.8) is 0 Å². The Labute approximate surface area is 113 Å². The lowest BCUT2D eigenvalue weighted by Crippen LogP contribution is -2.07. The van der Waals surface area contributed by atoms with Crippen LogP contribution in [0, 0.1) is 12.8 Å². The molecule has 0 atom stereocenters. The molecule has 0 aliphatic carbocycles. The predicted octanol–water partition coefficient (Wildman–Crippen LogP) is 4.11. The molecule has 0 aliphatic rings. The molecule has 2 nitrogen and oxygen atoms in total. The van der Waals surface area contributed by atoms with E-state index in [2.05, 4.69) is 61.4 Å². The van der Waals surface area contributed by atoms with Gasteiger partial charge in [0.15, 0.2) is 5.13 Å². The fourth-order valence-corrected chi connectivity index (χ4v) is 2.74. The van der Waals surface area contributed by atoms with E-state index in [0.29, 0.717) is 5.92 Å². The highest BCUT2D eigenvalue weighted by atomic mass is 32.1. The Morgan fingerprint density at radius 1 is 1.22 bits per heavy atom. The van der Waals surface area contributed by atoms with Gasteiger partial charge in [0.25, 0.3) is 0 Å². The van der Waals surface area contributed by atoms with Crippen molar-refractivity contribution >= 4 is 16.5 Å². The lowest BCUT2D eigenvalue weighted by atomic mass is 10.1. The van der Waals surface area contributed by atoms with Gasteiger partial charge in [0.2, 0.25) is 0 Å². The Hall–Kier alpha value is -1.35. The summed E-state index contributed by atoms with van der Waals surface area (Å²) in [6, 6.07) is 10.6. The van der Waals surface area contributed by atoms with Gasteiger partial charge in [0, 0.05) is 17.8 Å². The maximum absolute atomic E-state index is 4.59. The molecule has 18 heavy (non-hydrogen) atoms. The smallest absolute Gasteiger partial charge is 0.183 e. The normalized spacial score (nSPS) is 10.9. The highest BCUT2D eigenvalue weighted by Crippen LogP contribution is 2.25. The minimum Gasteiger partial charge on any atom is -0.361 e. The van der Waals surface area contributed by atoms with Crippen LogP contribution in [-0.2, 0) is 6.42 Å². The third kappa shape index (κ3) is 3.57. The van der Waals surface area contributed by atoms with Crippen molar-refractivity contribution in [1.29, 1.82) is 0 Å². The van der Waals surface area contributed by atoms with E-state index in [1.807, 2.05) is 0 Å². The zero-order valence-electron chi connectivity index (χ0n) is 11.2. The van der Waals surface area contributed by atoms with Crippen LogP contribution in [0.5, 0.6) is 0 Å². The molecule has 0 aliphatic heterocycles. The summed E-state index contributed by atoms with van der Waals surface area (Å²) >= 11 is 1.77. The van der Waals surface area contributed by atoms with Crippen LogP contribution in [0.2, 0.25) is 0 Å². The molecule has 96 valence electrons. The lowest BCUT2D eigenvalue weighted by Gasteiger charge is -2.04. The van der Waals surface area contributed by atoms with Gasteiger partial charge in [-0.1, -0.05) is 44.2 Å². The van der Waals surface area contributed by atoms with Crippen LogP contribution >= 0.6 is 11.3 Å². The number of hydrogen-bond acceptors (Lipinski definition) is 3. The number of hydrogen-bond donors (Lipinski definition) is 1. The first kappa shape index (κ1) is 13.1. The van der Waals surface area contributed by atoms with Gasteiger partial charge in [-0.3, -0.25) is 0 Å². The highest BCUT2D eigenvalue weighted by molar-refractivity contribution is 7.15. The van der Waals surface area contributed by atoms with Crippen molar-refractivity contribution in [2.24, 2.45) is 5.92 Å². The summed E-state index contributed by atoms with van der Waals surface area (Å²) in [6.45, 7) is 7.49. The van der Waals surface area contributed by atoms with Crippen molar-refractivity contribution < 1.29 is 0 Å². The molecule has 0 spiro atoms. The van der Waals surface area contributed by atoms with E-state index in [0.717, 1.165) is 23.8 Å². The van der Waals surface area contributed by atoms with E-state index < -0.39 is 0 Å². The largest absolute Gasteiger partial charge is 0.361 e. The first-order chi connectivity index (χ1) is 8.65. The average Bonchev–Trinajstić information content (AvgIpc) is 2.69. The van der Waals surface area contributed by atoms with Crippen LogP contribution in [0.3, 0.4) is 0 Å². The number of aryl methyl sites for hydroxylation is 1. The summed E-state index contributed by atoms with van der Waals surface area (Å²) in [4.78, 5) is 5.94. The van der Waals surface area contributed by atoms with Crippen molar-refractivity contribution in [3.05, 3.63) is 46.5 Å². The molecule has 2 rings (SSSR count). The SMILES string of the molecule is Cc1nc(NCC(C)C)sc1Cc1ccccc1.